The third-order valence-electron chi connectivity index (χ3n) is 3.69. The van der Waals surface area contributed by atoms with Gasteiger partial charge in [0.2, 0.25) is 0 Å². The minimum absolute atomic E-state index is 0.796. The van der Waals surface area contributed by atoms with Crippen LogP contribution in [0.1, 0.15) is 32.6 Å². The van der Waals surface area contributed by atoms with Gasteiger partial charge in [-0.3, -0.25) is 0 Å². The number of hydrogen-bond acceptors (Lipinski definition) is 3. The molecule has 2 N–H and O–H groups in total. The van der Waals surface area contributed by atoms with Crippen molar-refractivity contribution in [2.75, 3.05) is 39.9 Å². The molecular formula is C13H28N2O. The molecule has 0 amide bonds. The van der Waals surface area contributed by atoms with E-state index in [2.05, 4.69) is 11.9 Å². The van der Waals surface area contributed by atoms with E-state index in [0.29, 0.717) is 0 Å². The molecule has 0 aromatic heterocycles. The van der Waals surface area contributed by atoms with Gasteiger partial charge in [-0.1, -0.05) is 0 Å². The molecule has 0 heterocycles. The fourth-order valence-corrected chi connectivity index (χ4v) is 2.55. The van der Waals surface area contributed by atoms with Crippen LogP contribution < -0.4 is 5.73 Å². The van der Waals surface area contributed by atoms with Gasteiger partial charge in [0, 0.05) is 19.7 Å². The minimum Gasteiger partial charge on any atom is -0.380 e. The van der Waals surface area contributed by atoms with Gasteiger partial charge in [0.15, 0.2) is 0 Å². The lowest BCUT2D eigenvalue weighted by Gasteiger charge is -2.30. The van der Waals surface area contributed by atoms with Gasteiger partial charge < -0.3 is 15.4 Å². The van der Waals surface area contributed by atoms with Crippen molar-refractivity contribution in [1.29, 1.82) is 0 Å². The highest BCUT2D eigenvalue weighted by atomic mass is 16.5. The van der Waals surface area contributed by atoms with Crippen LogP contribution in [0, 0.1) is 11.8 Å². The first kappa shape index (κ1) is 13.9. The Morgan fingerprint density at radius 1 is 1.19 bits per heavy atom. The molecular weight excluding hydrogens is 200 g/mol. The Balaban J connectivity index is 2.08. The second-order valence-corrected chi connectivity index (χ2v) is 5.08. The highest BCUT2D eigenvalue weighted by molar-refractivity contribution is 4.74. The summed E-state index contributed by atoms with van der Waals surface area (Å²) in [6.07, 6.45) is 5.39. The van der Waals surface area contributed by atoms with Crippen LogP contribution in [0.4, 0.5) is 0 Å². The number of nitrogens with zero attached hydrogens (tertiary/aromatic N) is 1. The van der Waals surface area contributed by atoms with E-state index in [1.165, 1.54) is 32.2 Å². The van der Waals surface area contributed by atoms with Crippen molar-refractivity contribution < 1.29 is 4.74 Å². The first-order valence-electron chi connectivity index (χ1n) is 6.72. The first-order valence-corrected chi connectivity index (χ1v) is 6.72. The van der Waals surface area contributed by atoms with Crippen LogP contribution in [-0.4, -0.2) is 44.8 Å². The fraction of sp³-hybridized carbons (Fsp3) is 1.00. The van der Waals surface area contributed by atoms with Crippen molar-refractivity contribution in [2.24, 2.45) is 17.6 Å². The van der Waals surface area contributed by atoms with Gasteiger partial charge in [0.25, 0.3) is 0 Å². The van der Waals surface area contributed by atoms with Gasteiger partial charge >= 0.3 is 0 Å². The van der Waals surface area contributed by atoms with Gasteiger partial charge in [0.1, 0.15) is 0 Å². The van der Waals surface area contributed by atoms with Gasteiger partial charge in [-0.25, -0.2) is 0 Å². The Labute approximate surface area is 100 Å². The molecule has 0 bridgehead atoms. The maximum atomic E-state index is 5.70. The quantitative estimate of drug-likeness (QED) is 0.674. The van der Waals surface area contributed by atoms with E-state index in [-0.39, 0.29) is 0 Å². The fourth-order valence-electron chi connectivity index (χ4n) is 2.55. The summed E-state index contributed by atoms with van der Waals surface area (Å²) in [4.78, 5) is 2.41. The Morgan fingerprint density at radius 2 is 1.81 bits per heavy atom. The van der Waals surface area contributed by atoms with E-state index < -0.39 is 0 Å². The standard InChI is InChI=1S/C13H28N2O/c1-3-16-9-8-15(2)11-13-6-4-12(10-14)5-7-13/h12-13H,3-11,14H2,1-2H3. The van der Waals surface area contributed by atoms with Crippen LogP contribution in [0.2, 0.25) is 0 Å². The van der Waals surface area contributed by atoms with Crippen LogP contribution in [0.15, 0.2) is 0 Å². The smallest absolute Gasteiger partial charge is 0.0593 e. The van der Waals surface area contributed by atoms with Crippen molar-refractivity contribution in [1.82, 2.24) is 4.90 Å². The third-order valence-corrected chi connectivity index (χ3v) is 3.69. The van der Waals surface area contributed by atoms with Crippen LogP contribution in [-0.2, 0) is 4.74 Å². The van der Waals surface area contributed by atoms with E-state index in [1.807, 2.05) is 6.92 Å². The van der Waals surface area contributed by atoms with Crippen molar-refractivity contribution >= 4 is 0 Å². The minimum atomic E-state index is 0.796. The summed E-state index contributed by atoms with van der Waals surface area (Å²) in [5.41, 5.74) is 5.70. The molecule has 96 valence electrons. The average Bonchev–Trinajstić information content (AvgIpc) is 2.30. The Hall–Kier alpha value is -0.120. The average molecular weight is 228 g/mol. The molecule has 0 unspecified atom stereocenters. The number of hydrogen-bond donors (Lipinski definition) is 1. The van der Waals surface area contributed by atoms with Crippen LogP contribution in [0.25, 0.3) is 0 Å². The molecule has 0 saturated heterocycles. The molecule has 1 aliphatic rings. The number of likely N-dealkylation sites (N-methyl/N-ethyl adjacent to an activating group) is 1. The van der Waals surface area contributed by atoms with Gasteiger partial charge in [-0.15, -0.1) is 0 Å². The van der Waals surface area contributed by atoms with E-state index in [4.69, 9.17) is 10.5 Å². The summed E-state index contributed by atoms with van der Waals surface area (Å²) in [6, 6.07) is 0. The van der Waals surface area contributed by atoms with Crippen LogP contribution in [0.3, 0.4) is 0 Å². The predicted octanol–water partition coefficient (Wildman–Crippen LogP) is 1.72. The molecule has 0 aromatic rings. The van der Waals surface area contributed by atoms with Gasteiger partial charge in [-0.2, -0.15) is 0 Å². The lowest BCUT2D eigenvalue weighted by Crippen LogP contribution is -2.32. The van der Waals surface area contributed by atoms with Crippen LogP contribution >= 0.6 is 0 Å². The summed E-state index contributed by atoms with van der Waals surface area (Å²) in [7, 11) is 2.20. The molecule has 0 spiro atoms. The number of rotatable bonds is 7. The summed E-state index contributed by atoms with van der Waals surface area (Å²) in [5, 5.41) is 0. The molecule has 0 atom stereocenters. The van der Waals surface area contributed by atoms with Crippen LogP contribution in [0.5, 0.6) is 0 Å². The molecule has 16 heavy (non-hydrogen) atoms. The maximum absolute atomic E-state index is 5.70. The van der Waals surface area contributed by atoms with Crippen molar-refractivity contribution in [3.63, 3.8) is 0 Å². The molecule has 1 aliphatic carbocycles. The monoisotopic (exact) mass is 228 g/mol. The summed E-state index contributed by atoms with van der Waals surface area (Å²) in [5.74, 6) is 1.68. The van der Waals surface area contributed by atoms with E-state index in [9.17, 15) is 0 Å². The van der Waals surface area contributed by atoms with Crippen molar-refractivity contribution in [3.05, 3.63) is 0 Å². The van der Waals surface area contributed by atoms with Crippen molar-refractivity contribution in [3.8, 4) is 0 Å². The molecule has 0 radical (unpaired) electrons. The second kappa shape index (κ2) is 8.04. The van der Waals surface area contributed by atoms with Crippen molar-refractivity contribution in [2.45, 2.75) is 32.6 Å². The highest BCUT2D eigenvalue weighted by Gasteiger charge is 2.20. The topological polar surface area (TPSA) is 38.5 Å². The van der Waals surface area contributed by atoms with E-state index in [0.717, 1.165) is 38.1 Å². The lowest BCUT2D eigenvalue weighted by atomic mass is 9.82. The summed E-state index contributed by atoms with van der Waals surface area (Å²) in [6.45, 7) is 6.91. The molecule has 0 aliphatic heterocycles. The second-order valence-electron chi connectivity index (χ2n) is 5.08. The zero-order valence-electron chi connectivity index (χ0n) is 11.0. The zero-order valence-corrected chi connectivity index (χ0v) is 11.0. The normalized spacial score (nSPS) is 26.2. The first-order chi connectivity index (χ1) is 7.76. The Morgan fingerprint density at radius 3 is 2.38 bits per heavy atom. The van der Waals surface area contributed by atoms with E-state index >= 15 is 0 Å². The third kappa shape index (κ3) is 5.28. The lowest BCUT2D eigenvalue weighted by molar-refractivity contribution is 0.111. The molecule has 1 fully saturated rings. The largest absolute Gasteiger partial charge is 0.380 e. The molecule has 3 nitrogen and oxygen atoms in total. The maximum Gasteiger partial charge on any atom is 0.0593 e. The number of nitrogens with two attached hydrogens (primary N) is 1. The van der Waals surface area contributed by atoms with E-state index in [1.54, 1.807) is 0 Å². The summed E-state index contributed by atoms with van der Waals surface area (Å²) >= 11 is 0. The number of ether oxygens (including phenoxy) is 1. The molecule has 1 saturated carbocycles. The molecule has 0 aromatic carbocycles. The zero-order chi connectivity index (χ0) is 11.8. The Bertz CT molecular complexity index is 167. The molecule has 1 rings (SSSR count). The predicted molar refractivity (Wildman–Crippen MR) is 68.5 cm³/mol. The SMILES string of the molecule is CCOCCN(C)CC1CCC(CN)CC1. The molecule has 3 heteroatoms. The van der Waals surface area contributed by atoms with Gasteiger partial charge in [-0.05, 0) is 58.0 Å². The van der Waals surface area contributed by atoms with Gasteiger partial charge in [0.05, 0.1) is 6.61 Å². The Kier molecular flexibility index (Phi) is 7.01. The summed E-state index contributed by atoms with van der Waals surface area (Å²) < 4.78 is 5.37. The highest BCUT2D eigenvalue weighted by Crippen LogP contribution is 2.28.